The van der Waals surface area contributed by atoms with E-state index in [9.17, 15) is 32.7 Å². The first-order chi connectivity index (χ1) is 24.1. The van der Waals surface area contributed by atoms with Gasteiger partial charge in [0.05, 0.1) is 12.2 Å². The van der Waals surface area contributed by atoms with Crippen molar-refractivity contribution in [2.24, 2.45) is 17.3 Å². The van der Waals surface area contributed by atoms with Gasteiger partial charge < -0.3 is 20.5 Å². The molecule has 2 amide bonds. The maximum atomic E-state index is 15.2. The molecular formula is C39H41F5N2O5. The molecule has 2 saturated carbocycles. The zero-order valence-corrected chi connectivity index (χ0v) is 28.4. The van der Waals surface area contributed by atoms with Crippen LogP contribution in [0.15, 0.2) is 77.4 Å². The zero-order valence-electron chi connectivity index (χ0n) is 28.4. The number of hydrogen-bond donors (Lipinski definition) is 3. The van der Waals surface area contributed by atoms with Crippen molar-refractivity contribution in [3.05, 3.63) is 94.1 Å². The number of ether oxygens (including phenoxy) is 1. The van der Waals surface area contributed by atoms with Crippen LogP contribution in [-0.4, -0.2) is 53.7 Å². The van der Waals surface area contributed by atoms with Crippen LogP contribution in [0, 0.1) is 17.3 Å². The van der Waals surface area contributed by atoms with Crippen molar-refractivity contribution in [1.82, 2.24) is 5.32 Å². The number of fused-ring (bicyclic) bond motifs is 4. The molecule has 12 heteroatoms. The number of benzene rings is 2. The molecule has 0 spiro atoms. The van der Waals surface area contributed by atoms with Gasteiger partial charge in [0.2, 0.25) is 0 Å². The topological polar surface area (TPSA) is 105 Å². The van der Waals surface area contributed by atoms with Crippen molar-refractivity contribution < 1.29 is 46.2 Å². The zero-order chi connectivity index (χ0) is 36.8. The molecule has 0 unspecified atom stereocenters. The number of carbonyl (C=O) groups excluding carboxylic acids is 3. The highest BCUT2D eigenvalue weighted by molar-refractivity contribution is 5.93. The number of anilines is 1. The van der Waals surface area contributed by atoms with Crippen molar-refractivity contribution in [1.29, 1.82) is 0 Å². The number of halogens is 5. The van der Waals surface area contributed by atoms with Crippen LogP contribution < -0.4 is 10.6 Å². The van der Waals surface area contributed by atoms with Crippen molar-refractivity contribution >= 4 is 29.5 Å². The monoisotopic (exact) mass is 712 g/mol. The molecule has 5 atom stereocenters. The van der Waals surface area contributed by atoms with Gasteiger partial charge in [0.1, 0.15) is 5.60 Å². The summed E-state index contributed by atoms with van der Waals surface area (Å²) in [5.74, 6) is -7.10. The summed E-state index contributed by atoms with van der Waals surface area (Å²) in [5.41, 5.74) is 0.339. The molecule has 0 aliphatic heterocycles. The summed E-state index contributed by atoms with van der Waals surface area (Å²) in [6.07, 6.45) is 0.472. The Morgan fingerprint density at radius 3 is 2.37 bits per heavy atom. The number of aliphatic hydroxyl groups is 1. The first-order valence-corrected chi connectivity index (χ1v) is 17.3. The molecule has 2 aromatic rings. The lowest BCUT2D eigenvalue weighted by molar-refractivity contribution is -0.362. The molecule has 4 aliphatic carbocycles. The average Bonchev–Trinajstić information content (AvgIpc) is 3.37. The number of esters is 1. The number of urea groups is 1. The summed E-state index contributed by atoms with van der Waals surface area (Å²) in [7, 11) is 0. The van der Waals surface area contributed by atoms with Gasteiger partial charge in [-0.1, -0.05) is 48.9 Å². The Labute approximate surface area is 293 Å². The molecule has 2 fully saturated rings. The van der Waals surface area contributed by atoms with Crippen molar-refractivity contribution in [3.8, 4) is 0 Å². The van der Waals surface area contributed by atoms with Gasteiger partial charge in [0, 0.05) is 30.0 Å². The fraction of sp³-hybridized carbons (Fsp3) is 0.462. The van der Waals surface area contributed by atoms with E-state index in [0.717, 1.165) is 27.8 Å². The maximum Gasteiger partial charge on any atom is 0.456 e. The Kier molecular flexibility index (Phi) is 9.77. The number of rotatable bonds is 8. The van der Waals surface area contributed by atoms with E-state index in [1.54, 1.807) is 49.4 Å². The molecule has 0 aromatic heterocycles. The Hall–Kier alpha value is -4.32. The molecule has 0 radical (unpaired) electrons. The van der Waals surface area contributed by atoms with E-state index < -0.39 is 53.4 Å². The maximum absolute atomic E-state index is 15.2. The molecular weight excluding hydrogens is 671 g/mol. The van der Waals surface area contributed by atoms with E-state index >= 15 is 8.78 Å². The van der Waals surface area contributed by atoms with E-state index in [1.807, 2.05) is 24.3 Å². The van der Waals surface area contributed by atoms with Crippen molar-refractivity contribution in [2.75, 3.05) is 18.5 Å². The van der Waals surface area contributed by atoms with E-state index in [0.29, 0.717) is 36.9 Å². The standard InChI is InChI=1S/C39H41F5N2O5/c1-3-51-34(48)25-10-13-27(14-11-25)46-35(49)45-20-4-5-23-6-8-24(9-7-23)31-22-36(2)32(18-19-37(36,50)38(40,41)39(42,43)44)30-16-12-26-21-28(47)15-17-29(26)33(30)31/h4-11,13-14,21,30-32,50H,3,12,15-20,22H2,1-2H3,(H2,45,46,49)/t30-,31+,32-,36-,37-/m0/s1. The minimum absolute atomic E-state index is 0.0258. The first kappa shape index (κ1) is 36.5. The van der Waals surface area contributed by atoms with Gasteiger partial charge in [-0.15, -0.1) is 0 Å². The molecule has 272 valence electrons. The Balaban J connectivity index is 1.20. The molecule has 0 bridgehead atoms. The molecule has 3 N–H and O–H groups in total. The van der Waals surface area contributed by atoms with Crippen LogP contribution in [0.5, 0.6) is 0 Å². The van der Waals surface area contributed by atoms with Crippen LogP contribution in [0.2, 0.25) is 0 Å². The van der Waals surface area contributed by atoms with E-state index in [-0.39, 0.29) is 37.7 Å². The van der Waals surface area contributed by atoms with Gasteiger partial charge in [-0.3, -0.25) is 4.79 Å². The van der Waals surface area contributed by atoms with Crippen molar-refractivity contribution in [2.45, 2.75) is 82.4 Å². The Morgan fingerprint density at radius 2 is 1.71 bits per heavy atom. The summed E-state index contributed by atoms with van der Waals surface area (Å²) in [5, 5.41) is 16.9. The number of allylic oxidation sites excluding steroid dienone is 4. The SMILES string of the molecule is CCOC(=O)c1ccc(NC(=O)NCC=Cc2ccc([C@H]3C[C@@]4(C)[C@@H](CC[C@@]4(O)C(F)(F)C(F)(F)F)[C@@H]4CCC5=CC(=O)CCC5=C43)cc2)cc1. The van der Waals surface area contributed by atoms with Crippen LogP contribution in [-0.2, 0) is 9.53 Å². The van der Waals surface area contributed by atoms with Gasteiger partial charge in [0.25, 0.3) is 0 Å². The average molecular weight is 713 g/mol. The van der Waals surface area contributed by atoms with Gasteiger partial charge in [-0.25, -0.2) is 9.59 Å². The third kappa shape index (κ3) is 6.51. The van der Waals surface area contributed by atoms with Crippen LogP contribution in [0.1, 0.15) is 86.2 Å². The van der Waals surface area contributed by atoms with Gasteiger partial charge >= 0.3 is 24.1 Å². The summed E-state index contributed by atoms with van der Waals surface area (Å²) < 4.78 is 76.9. The number of hydrogen-bond acceptors (Lipinski definition) is 5. The highest BCUT2D eigenvalue weighted by Crippen LogP contribution is 2.70. The largest absolute Gasteiger partial charge is 0.462 e. The van der Waals surface area contributed by atoms with Crippen LogP contribution in [0.4, 0.5) is 32.4 Å². The second kappa shape index (κ2) is 13.7. The molecule has 7 nitrogen and oxygen atoms in total. The lowest BCUT2D eigenvalue weighted by Gasteiger charge is -2.56. The number of nitrogens with one attached hydrogen (secondary N) is 2. The van der Waals surface area contributed by atoms with Gasteiger partial charge in [-0.2, -0.15) is 22.0 Å². The molecule has 2 aromatic carbocycles. The predicted molar refractivity (Wildman–Crippen MR) is 181 cm³/mol. The Morgan fingerprint density at radius 1 is 1.00 bits per heavy atom. The minimum Gasteiger partial charge on any atom is -0.462 e. The fourth-order valence-corrected chi connectivity index (χ4v) is 8.98. The molecule has 4 aliphatic rings. The molecule has 0 saturated heterocycles. The van der Waals surface area contributed by atoms with E-state index in [2.05, 4.69) is 10.6 Å². The van der Waals surface area contributed by atoms with Crippen LogP contribution >= 0.6 is 0 Å². The molecule has 6 rings (SSSR count). The summed E-state index contributed by atoms with van der Waals surface area (Å²) in [4.78, 5) is 36.5. The molecule has 0 heterocycles. The second-order valence-corrected chi connectivity index (χ2v) is 14.2. The lowest BCUT2D eigenvalue weighted by atomic mass is 9.50. The number of alkyl halides is 5. The van der Waals surface area contributed by atoms with Gasteiger partial charge in [-0.05, 0) is 110 Å². The highest BCUT2D eigenvalue weighted by Gasteiger charge is 2.79. The number of amides is 2. The molecule has 51 heavy (non-hydrogen) atoms. The normalized spacial score (nSPS) is 27.7. The smallest absolute Gasteiger partial charge is 0.456 e. The van der Waals surface area contributed by atoms with Crippen molar-refractivity contribution in [3.63, 3.8) is 0 Å². The summed E-state index contributed by atoms with van der Waals surface area (Å²) in [6.45, 7) is 3.56. The third-order valence-corrected chi connectivity index (χ3v) is 11.4. The van der Waals surface area contributed by atoms with E-state index in [1.165, 1.54) is 6.92 Å². The predicted octanol–water partition coefficient (Wildman–Crippen LogP) is 8.53. The number of ketones is 1. The highest BCUT2D eigenvalue weighted by atomic mass is 19.4. The number of carbonyl (C=O) groups is 3. The summed E-state index contributed by atoms with van der Waals surface area (Å²) >= 11 is 0. The van der Waals surface area contributed by atoms with E-state index in [4.69, 9.17) is 4.74 Å². The van der Waals surface area contributed by atoms with Crippen LogP contribution in [0.3, 0.4) is 0 Å². The quantitative estimate of drug-likeness (QED) is 0.188. The van der Waals surface area contributed by atoms with Crippen LogP contribution in [0.25, 0.3) is 6.08 Å². The first-order valence-electron chi connectivity index (χ1n) is 17.3. The minimum atomic E-state index is -5.90. The Bertz CT molecular complexity index is 1780. The second-order valence-electron chi connectivity index (χ2n) is 14.2. The lowest BCUT2D eigenvalue weighted by Crippen LogP contribution is -2.65. The fourth-order valence-electron chi connectivity index (χ4n) is 8.98. The third-order valence-electron chi connectivity index (χ3n) is 11.4. The summed E-state index contributed by atoms with van der Waals surface area (Å²) in [6, 6.07) is 13.1. The van der Waals surface area contributed by atoms with Gasteiger partial charge in [0.15, 0.2) is 5.78 Å².